The lowest BCUT2D eigenvalue weighted by Gasteiger charge is -2.16. The monoisotopic (exact) mass is 395 g/mol. The van der Waals surface area contributed by atoms with E-state index >= 15 is 0 Å². The Labute approximate surface area is 165 Å². The molecule has 0 bridgehead atoms. The van der Waals surface area contributed by atoms with Crippen LogP contribution in [0.25, 0.3) is 33.4 Å². The molecule has 2 aromatic carbocycles. The highest BCUT2D eigenvalue weighted by Crippen LogP contribution is 2.37. The maximum atomic E-state index is 13.0. The van der Waals surface area contributed by atoms with Crippen molar-refractivity contribution >= 4 is 22.5 Å². The number of halogens is 1. The van der Waals surface area contributed by atoms with Gasteiger partial charge in [-0.2, -0.15) is 0 Å². The minimum Gasteiger partial charge on any atom is -0.871 e. The highest BCUT2D eigenvalue weighted by molar-refractivity contribution is 6.34. The van der Waals surface area contributed by atoms with E-state index < -0.39 is 11.3 Å². The molecule has 0 radical (unpaired) electrons. The number of ether oxygens (including phenoxy) is 1. The van der Waals surface area contributed by atoms with Crippen molar-refractivity contribution < 1.29 is 14.4 Å². The highest BCUT2D eigenvalue weighted by Gasteiger charge is 2.15. The first-order chi connectivity index (χ1) is 13.5. The third kappa shape index (κ3) is 3.12. The van der Waals surface area contributed by atoms with E-state index in [1.807, 2.05) is 31.2 Å². The predicted molar refractivity (Wildman–Crippen MR) is 106 cm³/mol. The largest absolute Gasteiger partial charge is 0.871 e. The van der Waals surface area contributed by atoms with E-state index in [2.05, 4.69) is 10.1 Å². The predicted octanol–water partition coefficient (Wildman–Crippen LogP) is 4.28. The summed E-state index contributed by atoms with van der Waals surface area (Å²) in [7, 11) is 0. The van der Waals surface area contributed by atoms with Crippen LogP contribution in [0.2, 0.25) is 5.02 Å². The van der Waals surface area contributed by atoms with Crippen molar-refractivity contribution in [3.05, 3.63) is 63.5 Å². The van der Waals surface area contributed by atoms with Crippen molar-refractivity contribution in [2.75, 3.05) is 6.61 Å². The summed E-state index contributed by atoms with van der Waals surface area (Å²) in [5.74, 6) is 0.460. The second kappa shape index (κ2) is 7.05. The number of H-pyrrole nitrogens is 1. The second-order valence-electron chi connectivity index (χ2n) is 6.33. The molecule has 0 unspecified atom stereocenters. The molecule has 0 amide bonds. The average molecular weight is 396 g/mol. The highest BCUT2D eigenvalue weighted by atomic mass is 35.5. The van der Waals surface area contributed by atoms with Gasteiger partial charge in [-0.25, -0.2) is 0 Å². The maximum Gasteiger partial charge on any atom is 0.258 e. The summed E-state index contributed by atoms with van der Waals surface area (Å²) in [5, 5.41) is 17.6. The molecule has 0 aliphatic heterocycles. The van der Waals surface area contributed by atoms with Crippen molar-refractivity contribution in [3.8, 4) is 33.9 Å². The zero-order chi connectivity index (χ0) is 19.8. The smallest absolute Gasteiger partial charge is 0.258 e. The number of hydrogen-bond acceptors (Lipinski definition) is 5. The summed E-state index contributed by atoms with van der Waals surface area (Å²) in [6.45, 7) is 4.21. The van der Waals surface area contributed by atoms with Crippen LogP contribution in [0.3, 0.4) is 0 Å². The molecular weight excluding hydrogens is 380 g/mol. The number of nitrogens with one attached hydrogen (secondary N) is 1. The number of fused-ring (bicyclic) bond motifs is 1. The normalized spacial score (nSPS) is 11.1. The van der Waals surface area contributed by atoms with Gasteiger partial charge >= 0.3 is 0 Å². The van der Waals surface area contributed by atoms with Crippen LogP contribution in [0.4, 0.5) is 0 Å². The zero-order valence-electron chi connectivity index (χ0n) is 15.2. The van der Waals surface area contributed by atoms with Gasteiger partial charge < -0.3 is 19.4 Å². The van der Waals surface area contributed by atoms with Gasteiger partial charge in [0.25, 0.3) is 5.56 Å². The second-order valence-corrected chi connectivity index (χ2v) is 6.73. The molecule has 6 nitrogen and oxygen atoms in total. The summed E-state index contributed by atoms with van der Waals surface area (Å²) < 4.78 is 10.6. The van der Waals surface area contributed by atoms with Gasteiger partial charge in [0.2, 0.25) is 0 Å². The van der Waals surface area contributed by atoms with Crippen molar-refractivity contribution in [3.63, 3.8) is 0 Å². The van der Waals surface area contributed by atoms with Gasteiger partial charge in [0, 0.05) is 17.1 Å². The summed E-state index contributed by atoms with van der Waals surface area (Å²) in [5.41, 5.74) is 1.85. The summed E-state index contributed by atoms with van der Waals surface area (Å²) in [4.78, 5) is 15.1. The third-order valence-electron chi connectivity index (χ3n) is 4.40. The molecule has 28 heavy (non-hydrogen) atoms. The summed E-state index contributed by atoms with van der Waals surface area (Å²) in [6, 6.07) is 12.2. The molecule has 1 N–H and O–H groups in total. The van der Waals surface area contributed by atoms with Crippen LogP contribution in [0, 0.1) is 6.92 Å². The zero-order valence-corrected chi connectivity index (χ0v) is 16.0. The van der Waals surface area contributed by atoms with Crippen LogP contribution in [0.5, 0.6) is 11.5 Å². The average Bonchev–Trinajstić information content (AvgIpc) is 3.08. The Morgan fingerprint density at radius 3 is 2.61 bits per heavy atom. The fraction of sp³-hybridized carbons (Fsp3) is 0.143. The standard InChI is InChI=1S/C21H17ClN2O4/c1-3-27-13-6-4-12(5-7-13)14-9-15-17(10-16(14)22)23-21(26)19(20(15)25)18-8-11(2)24-28-18/h4-10H,3H2,1-2H3,(H2,23,25,26)/p-1. The lowest BCUT2D eigenvalue weighted by molar-refractivity contribution is -0.265. The van der Waals surface area contributed by atoms with Gasteiger partial charge in [-0.3, -0.25) is 4.79 Å². The minimum atomic E-state index is -0.543. The molecule has 0 fully saturated rings. The van der Waals surface area contributed by atoms with Crippen LogP contribution in [-0.4, -0.2) is 16.7 Å². The molecule has 2 heterocycles. The lowest BCUT2D eigenvalue weighted by Crippen LogP contribution is -2.13. The van der Waals surface area contributed by atoms with E-state index in [0.717, 1.165) is 11.3 Å². The topological polar surface area (TPSA) is 91.2 Å². The van der Waals surface area contributed by atoms with Crippen LogP contribution in [0.1, 0.15) is 12.6 Å². The van der Waals surface area contributed by atoms with Crippen LogP contribution in [0.15, 0.2) is 51.8 Å². The number of aromatic amines is 1. The van der Waals surface area contributed by atoms with Crippen LogP contribution >= 0.6 is 11.6 Å². The van der Waals surface area contributed by atoms with Gasteiger partial charge in [0.05, 0.1) is 22.9 Å². The molecule has 142 valence electrons. The Balaban J connectivity index is 1.90. The molecule has 4 aromatic rings. The number of aryl methyl sites for hydroxylation is 1. The summed E-state index contributed by atoms with van der Waals surface area (Å²) >= 11 is 6.42. The molecule has 0 spiro atoms. The quantitative estimate of drug-likeness (QED) is 0.556. The van der Waals surface area contributed by atoms with E-state index in [1.165, 1.54) is 0 Å². The van der Waals surface area contributed by atoms with E-state index in [9.17, 15) is 9.90 Å². The molecule has 7 heteroatoms. The summed E-state index contributed by atoms with van der Waals surface area (Å²) in [6.07, 6.45) is 0. The molecule has 2 aromatic heterocycles. The van der Waals surface area contributed by atoms with E-state index in [-0.39, 0.29) is 11.3 Å². The van der Waals surface area contributed by atoms with E-state index in [0.29, 0.717) is 33.8 Å². The van der Waals surface area contributed by atoms with Crippen molar-refractivity contribution in [1.29, 1.82) is 0 Å². The first kappa shape index (κ1) is 18.1. The molecule has 0 atom stereocenters. The van der Waals surface area contributed by atoms with Gasteiger partial charge in [-0.05, 0) is 49.1 Å². The van der Waals surface area contributed by atoms with Crippen LogP contribution in [-0.2, 0) is 0 Å². The Morgan fingerprint density at radius 1 is 1.21 bits per heavy atom. The van der Waals surface area contributed by atoms with Gasteiger partial charge in [0.1, 0.15) is 5.75 Å². The SMILES string of the molecule is CCOc1ccc(-c2cc3c([O-])c(-c4cc(C)no4)c(=O)[nH]c3cc2Cl)cc1. The Hall–Kier alpha value is -3.25. The van der Waals surface area contributed by atoms with E-state index in [1.54, 1.807) is 25.1 Å². The van der Waals surface area contributed by atoms with E-state index in [4.69, 9.17) is 20.9 Å². The first-order valence-electron chi connectivity index (χ1n) is 8.71. The lowest BCUT2D eigenvalue weighted by atomic mass is 10.0. The van der Waals surface area contributed by atoms with Gasteiger partial charge in [0.15, 0.2) is 5.76 Å². The number of rotatable bonds is 4. The number of benzene rings is 2. The molecule has 0 saturated carbocycles. The minimum absolute atomic E-state index is 0.0759. The number of aromatic nitrogens is 2. The molecule has 4 rings (SSSR count). The Kier molecular flexibility index (Phi) is 4.57. The van der Waals surface area contributed by atoms with Crippen LogP contribution < -0.4 is 15.4 Å². The number of pyridine rings is 1. The number of nitrogens with zero attached hydrogens (tertiary/aromatic N) is 1. The van der Waals surface area contributed by atoms with Gasteiger partial charge in [-0.15, -0.1) is 0 Å². The van der Waals surface area contributed by atoms with Crippen molar-refractivity contribution in [1.82, 2.24) is 10.1 Å². The molecule has 0 aliphatic carbocycles. The molecule has 0 aliphatic rings. The molecular formula is C21H16ClN2O4-. The fourth-order valence-corrected chi connectivity index (χ4v) is 3.38. The van der Waals surface area contributed by atoms with Crippen molar-refractivity contribution in [2.24, 2.45) is 0 Å². The number of hydrogen-bond donors (Lipinski definition) is 1. The van der Waals surface area contributed by atoms with Gasteiger partial charge in [-0.1, -0.05) is 34.6 Å². The first-order valence-corrected chi connectivity index (χ1v) is 9.09. The third-order valence-corrected chi connectivity index (χ3v) is 4.72. The Bertz CT molecular complexity index is 1230. The fourth-order valence-electron chi connectivity index (χ4n) is 3.11. The maximum absolute atomic E-state index is 13.0. The van der Waals surface area contributed by atoms with Crippen molar-refractivity contribution in [2.45, 2.75) is 13.8 Å². The molecule has 0 saturated heterocycles. The Morgan fingerprint density at radius 2 is 1.96 bits per heavy atom.